The van der Waals surface area contributed by atoms with Crippen molar-refractivity contribution < 1.29 is 23.6 Å². The van der Waals surface area contributed by atoms with E-state index in [0.29, 0.717) is 73.1 Å². The quantitative estimate of drug-likeness (QED) is 0.142. The van der Waals surface area contributed by atoms with Crippen LogP contribution in [0.3, 0.4) is 0 Å². The predicted molar refractivity (Wildman–Crippen MR) is 249 cm³/mol. The summed E-state index contributed by atoms with van der Waals surface area (Å²) in [5.41, 5.74) is 6.56. The highest BCUT2D eigenvalue weighted by atomic mass is 32.1. The fraction of sp³-hybridized carbons (Fsp3) is 0.429. The van der Waals surface area contributed by atoms with Gasteiger partial charge in [0.2, 0.25) is 17.7 Å². The standard InChI is InChI=1S/C49H54FN9O5S/c1-54-46-32(6-2-9-39(46)59(49(54)64)40-14-15-41(60)53-47(40)62)7-3-19-55-23-25-56(26-24-55)34-12-10-31(11-13-34)35-28-36(44(50)45-37(35)29-38(52-45)48(63)57-21-5-22-57)33-8-4-20-58(30-33)43(61)17-16-42-51-18-27-65-42/h2,6,9-13,18,27-29,33,40,52H,3-5,7-8,14-17,19-26,30H2,1H3,(H,53,60,62)/t33-,40?/m0/s1. The van der Waals surface area contributed by atoms with Crippen molar-refractivity contribution in [3.8, 4) is 11.1 Å². The number of aromatic nitrogens is 4. The highest BCUT2D eigenvalue weighted by Crippen LogP contribution is 2.39. The van der Waals surface area contributed by atoms with Gasteiger partial charge in [-0.05, 0) is 97.7 Å². The number of hydrogen-bond donors (Lipinski definition) is 2. The Morgan fingerprint density at radius 1 is 0.908 bits per heavy atom. The van der Waals surface area contributed by atoms with Crippen LogP contribution in [0.4, 0.5) is 10.1 Å². The number of aromatic amines is 1. The SMILES string of the molecule is Cn1c(=O)n(C2CCC(=O)NC2=O)c2cccc(CCCN3CCN(c4ccc(-c5cc([C@H]6CCCN(C(=O)CCc7nccs7)C6)c(F)c6[nH]c(C(=O)N7CCC7)cc56)cc4)CC3)c21. The zero-order valence-corrected chi connectivity index (χ0v) is 37.5. The Morgan fingerprint density at radius 2 is 1.71 bits per heavy atom. The fourth-order valence-electron chi connectivity index (χ4n) is 10.4. The van der Waals surface area contributed by atoms with Gasteiger partial charge < -0.3 is 19.7 Å². The third kappa shape index (κ3) is 8.37. The van der Waals surface area contributed by atoms with E-state index < -0.39 is 11.9 Å². The molecule has 338 valence electrons. The second-order valence-corrected chi connectivity index (χ2v) is 19.0. The number of nitrogens with one attached hydrogen (secondary N) is 2. The van der Waals surface area contributed by atoms with Gasteiger partial charge in [0.1, 0.15) is 11.7 Å². The average Bonchev–Trinajstić information content (AvgIpc) is 4.05. The van der Waals surface area contributed by atoms with Crippen molar-refractivity contribution >= 4 is 62.6 Å². The molecule has 6 aromatic rings. The second-order valence-electron chi connectivity index (χ2n) is 18.0. The molecule has 2 N–H and O–H groups in total. The number of hydrogen-bond acceptors (Lipinski definition) is 9. The van der Waals surface area contributed by atoms with Crippen LogP contribution in [0.25, 0.3) is 33.1 Å². The number of likely N-dealkylation sites (tertiary alicyclic amines) is 2. The highest BCUT2D eigenvalue weighted by molar-refractivity contribution is 7.09. The second kappa shape index (κ2) is 18.0. The fourth-order valence-corrected chi connectivity index (χ4v) is 11.0. The third-order valence-corrected chi connectivity index (χ3v) is 14.9. The number of fused-ring (bicyclic) bond motifs is 2. The predicted octanol–water partition coefficient (Wildman–Crippen LogP) is 6.00. The molecule has 16 heteroatoms. The van der Waals surface area contributed by atoms with Crippen molar-refractivity contribution in [1.29, 1.82) is 0 Å². The summed E-state index contributed by atoms with van der Waals surface area (Å²) < 4.78 is 19.9. The van der Waals surface area contributed by atoms with Crippen LogP contribution in [0.15, 0.2) is 71.0 Å². The molecule has 4 aliphatic heterocycles. The maximum atomic E-state index is 16.8. The molecule has 65 heavy (non-hydrogen) atoms. The lowest BCUT2D eigenvalue weighted by Gasteiger charge is -2.36. The number of thiazole rings is 1. The number of para-hydroxylation sites is 1. The number of aryl methyl sites for hydroxylation is 3. The summed E-state index contributed by atoms with van der Waals surface area (Å²) in [6.07, 6.45) is 7.45. The average molecular weight is 900 g/mol. The minimum Gasteiger partial charge on any atom is -0.369 e. The largest absolute Gasteiger partial charge is 0.369 e. The van der Waals surface area contributed by atoms with Gasteiger partial charge in [-0.3, -0.25) is 38.5 Å². The third-order valence-electron chi connectivity index (χ3n) is 14.0. The van der Waals surface area contributed by atoms with Crippen molar-refractivity contribution in [2.24, 2.45) is 7.05 Å². The van der Waals surface area contributed by atoms with E-state index in [-0.39, 0.29) is 41.6 Å². The monoisotopic (exact) mass is 899 g/mol. The smallest absolute Gasteiger partial charge is 0.329 e. The van der Waals surface area contributed by atoms with E-state index in [1.54, 1.807) is 44.7 Å². The lowest BCUT2D eigenvalue weighted by molar-refractivity contribution is -0.136. The molecule has 3 aromatic heterocycles. The molecule has 4 saturated heterocycles. The number of piperidine rings is 2. The molecule has 1 unspecified atom stereocenters. The number of carbonyl (C=O) groups is 4. The molecular formula is C49H54FN9O5S. The van der Waals surface area contributed by atoms with E-state index in [9.17, 15) is 24.0 Å². The Morgan fingerprint density at radius 3 is 2.45 bits per heavy atom. The van der Waals surface area contributed by atoms with Crippen LogP contribution in [0.5, 0.6) is 0 Å². The summed E-state index contributed by atoms with van der Waals surface area (Å²) in [7, 11) is 1.75. The molecule has 0 bridgehead atoms. The molecule has 4 aliphatic rings. The first-order chi connectivity index (χ1) is 31.6. The van der Waals surface area contributed by atoms with Gasteiger partial charge in [-0.2, -0.15) is 0 Å². The zero-order valence-electron chi connectivity index (χ0n) is 36.7. The Labute approximate surface area is 380 Å². The number of imide groups is 1. The van der Waals surface area contributed by atoms with Gasteiger partial charge in [-0.15, -0.1) is 11.3 Å². The molecule has 4 amide bonds. The van der Waals surface area contributed by atoms with Gasteiger partial charge in [-0.1, -0.05) is 24.3 Å². The number of piperazine rings is 1. The van der Waals surface area contributed by atoms with Crippen LogP contribution < -0.4 is 15.9 Å². The van der Waals surface area contributed by atoms with Crippen molar-refractivity contribution in [1.82, 2.24) is 39.1 Å². The number of anilines is 1. The molecule has 0 aliphatic carbocycles. The molecule has 7 heterocycles. The van der Waals surface area contributed by atoms with E-state index in [1.807, 2.05) is 28.5 Å². The van der Waals surface area contributed by atoms with Crippen LogP contribution in [0.2, 0.25) is 0 Å². The van der Waals surface area contributed by atoms with E-state index in [2.05, 4.69) is 55.4 Å². The van der Waals surface area contributed by atoms with E-state index in [1.165, 1.54) is 0 Å². The molecule has 0 saturated carbocycles. The Bertz CT molecular complexity index is 2840. The minimum absolute atomic E-state index is 0.0637. The van der Waals surface area contributed by atoms with Gasteiger partial charge in [0.05, 0.1) is 21.6 Å². The number of amides is 4. The molecule has 2 atom stereocenters. The van der Waals surface area contributed by atoms with Gasteiger partial charge in [0.25, 0.3) is 5.91 Å². The highest BCUT2D eigenvalue weighted by Gasteiger charge is 2.33. The van der Waals surface area contributed by atoms with Crippen molar-refractivity contribution in [3.05, 3.63) is 104 Å². The van der Waals surface area contributed by atoms with Gasteiger partial charge in [0, 0.05) is 107 Å². The van der Waals surface area contributed by atoms with Crippen LogP contribution >= 0.6 is 11.3 Å². The van der Waals surface area contributed by atoms with Crippen LogP contribution in [-0.2, 0) is 34.3 Å². The Balaban J connectivity index is 0.816. The number of benzene rings is 3. The number of nitrogens with zero attached hydrogens (tertiary/aromatic N) is 7. The normalized spacial score (nSPS) is 19.6. The zero-order chi connectivity index (χ0) is 44.8. The Hall–Kier alpha value is -6.13. The molecule has 0 radical (unpaired) electrons. The van der Waals surface area contributed by atoms with E-state index >= 15 is 4.39 Å². The molecule has 14 nitrogen and oxygen atoms in total. The summed E-state index contributed by atoms with van der Waals surface area (Å²) in [5, 5.41) is 5.92. The first kappa shape index (κ1) is 42.8. The number of imidazole rings is 1. The summed E-state index contributed by atoms with van der Waals surface area (Å²) in [6, 6.07) is 17.4. The summed E-state index contributed by atoms with van der Waals surface area (Å²) in [5.74, 6) is -1.33. The molecule has 0 spiro atoms. The molecule has 4 fully saturated rings. The maximum Gasteiger partial charge on any atom is 0.329 e. The van der Waals surface area contributed by atoms with Gasteiger partial charge in [0.15, 0.2) is 5.82 Å². The van der Waals surface area contributed by atoms with Crippen molar-refractivity contribution in [2.45, 2.75) is 69.7 Å². The van der Waals surface area contributed by atoms with Crippen LogP contribution in [0, 0.1) is 5.82 Å². The lowest BCUT2D eigenvalue weighted by Crippen LogP contribution is -2.46. The van der Waals surface area contributed by atoms with E-state index in [0.717, 1.165) is 97.7 Å². The first-order valence-electron chi connectivity index (χ1n) is 23.0. The summed E-state index contributed by atoms with van der Waals surface area (Å²) in [4.78, 5) is 80.7. The van der Waals surface area contributed by atoms with Crippen LogP contribution in [0.1, 0.15) is 83.5 Å². The van der Waals surface area contributed by atoms with Crippen LogP contribution in [-0.4, -0.2) is 116 Å². The number of H-pyrrole nitrogens is 1. The topological polar surface area (TPSA) is 149 Å². The maximum absolute atomic E-state index is 16.8. The summed E-state index contributed by atoms with van der Waals surface area (Å²) in [6.45, 7) is 6.94. The minimum atomic E-state index is -0.708. The Kier molecular flexibility index (Phi) is 11.9. The van der Waals surface area contributed by atoms with Crippen molar-refractivity contribution in [2.75, 3.05) is 63.8 Å². The summed E-state index contributed by atoms with van der Waals surface area (Å²) >= 11 is 1.55. The first-order valence-corrected chi connectivity index (χ1v) is 23.9. The van der Waals surface area contributed by atoms with Gasteiger partial charge >= 0.3 is 5.69 Å². The van der Waals surface area contributed by atoms with E-state index in [4.69, 9.17) is 0 Å². The number of carbonyl (C=O) groups excluding carboxylic acids is 4. The van der Waals surface area contributed by atoms with Gasteiger partial charge in [-0.25, -0.2) is 14.2 Å². The van der Waals surface area contributed by atoms with Crippen molar-refractivity contribution in [3.63, 3.8) is 0 Å². The number of rotatable bonds is 12. The lowest BCUT2D eigenvalue weighted by atomic mass is 9.87. The number of halogens is 1. The molecular weight excluding hydrogens is 846 g/mol. The molecule has 10 rings (SSSR count). The molecule has 3 aromatic carbocycles.